The van der Waals surface area contributed by atoms with Crippen molar-refractivity contribution in [3.05, 3.63) is 70.2 Å². The van der Waals surface area contributed by atoms with Gasteiger partial charge in [0, 0.05) is 23.1 Å². The van der Waals surface area contributed by atoms with E-state index in [4.69, 9.17) is 5.21 Å². The molecule has 0 atom stereocenters. The van der Waals surface area contributed by atoms with Crippen molar-refractivity contribution in [2.45, 2.75) is 6.42 Å². The molecule has 0 spiro atoms. The van der Waals surface area contributed by atoms with Crippen molar-refractivity contribution < 1.29 is 18.8 Å². The van der Waals surface area contributed by atoms with Crippen LogP contribution >= 0.6 is 11.3 Å². The van der Waals surface area contributed by atoms with Gasteiger partial charge in [-0.2, -0.15) is 0 Å². The maximum absolute atomic E-state index is 14.1. The van der Waals surface area contributed by atoms with Gasteiger partial charge in [-0.15, -0.1) is 10.2 Å². The fourth-order valence-corrected chi connectivity index (χ4v) is 3.00. The molecule has 3 aromatic rings. The summed E-state index contributed by atoms with van der Waals surface area (Å²) in [6.45, 7) is 0. The molecule has 122 valence electrons. The van der Waals surface area contributed by atoms with Gasteiger partial charge in [0.2, 0.25) is 0 Å². The minimum Gasteiger partial charge on any atom is -0.288 e. The summed E-state index contributed by atoms with van der Waals surface area (Å²) >= 11 is 1.24. The number of halogens is 2. The molecule has 0 saturated heterocycles. The quantitative estimate of drug-likeness (QED) is 0.561. The number of nitrogens with zero attached hydrogens (tertiary/aromatic N) is 2. The number of aromatic nitrogens is 2. The summed E-state index contributed by atoms with van der Waals surface area (Å²) in [6.07, 6.45) is -0.0802. The van der Waals surface area contributed by atoms with E-state index in [1.807, 2.05) is 30.3 Å². The number of carbonyl (C=O) groups excluding carboxylic acids is 1. The molecule has 1 aromatic heterocycles. The Morgan fingerprint density at radius 1 is 1.12 bits per heavy atom. The largest absolute Gasteiger partial charge is 0.288 e. The molecule has 2 aromatic carbocycles. The van der Waals surface area contributed by atoms with Gasteiger partial charge in [0.15, 0.2) is 0 Å². The minimum absolute atomic E-state index is 0.0802. The van der Waals surface area contributed by atoms with Gasteiger partial charge in [-0.25, -0.2) is 14.3 Å². The molecule has 0 bridgehead atoms. The zero-order valence-electron chi connectivity index (χ0n) is 12.2. The first-order valence-electron chi connectivity index (χ1n) is 6.88. The van der Waals surface area contributed by atoms with E-state index in [1.54, 1.807) is 0 Å². The van der Waals surface area contributed by atoms with E-state index < -0.39 is 17.5 Å². The predicted octanol–water partition coefficient (Wildman–Crippen LogP) is 3.19. The van der Waals surface area contributed by atoms with Crippen molar-refractivity contribution in [1.29, 1.82) is 0 Å². The number of carbonyl (C=O) groups is 1. The zero-order chi connectivity index (χ0) is 17.1. The summed E-state index contributed by atoms with van der Waals surface area (Å²) in [5.41, 5.74) is 1.69. The first-order chi connectivity index (χ1) is 11.6. The van der Waals surface area contributed by atoms with Crippen molar-refractivity contribution in [1.82, 2.24) is 15.7 Å². The van der Waals surface area contributed by atoms with Crippen LogP contribution in [0.3, 0.4) is 0 Å². The summed E-state index contributed by atoms with van der Waals surface area (Å²) in [6, 6.07) is 11.1. The molecular formula is C16H11F2N3O2S. The average Bonchev–Trinajstić information content (AvgIpc) is 3.06. The number of benzene rings is 2. The number of hydroxylamine groups is 1. The minimum atomic E-state index is -0.985. The molecule has 0 unspecified atom stereocenters. The second-order valence-corrected chi connectivity index (χ2v) is 5.97. The van der Waals surface area contributed by atoms with Gasteiger partial charge < -0.3 is 0 Å². The van der Waals surface area contributed by atoms with E-state index in [2.05, 4.69) is 10.2 Å². The summed E-state index contributed by atoms with van der Waals surface area (Å²) in [7, 11) is 0. The highest BCUT2D eigenvalue weighted by Crippen LogP contribution is 2.26. The number of hydrogen-bond donors (Lipinski definition) is 2. The lowest BCUT2D eigenvalue weighted by atomic mass is 10.1. The van der Waals surface area contributed by atoms with Crippen LogP contribution in [0.4, 0.5) is 8.78 Å². The second kappa shape index (κ2) is 6.81. The average molecular weight is 347 g/mol. The Hall–Kier alpha value is -2.71. The maximum atomic E-state index is 14.1. The third-order valence-electron chi connectivity index (χ3n) is 3.32. The summed E-state index contributed by atoms with van der Waals surface area (Å²) in [4.78, 5) is 11.2. The first-order valence-corrected chi connectivity index (χ1v) is 7.70. The van der Waals surface area contributed by atoms with Crippen LogP contribution in [0.25, 0.3) is 10.6 Å². The smallest absolute Gasteiger partial charge is 0.274 e. The van der Waals surface area contributed by atoms with Crippen molar-refractivity contribution >= 4 is 17.2 Å². The van der Waals surface area contributed by atoms with Gasteiger partial charge in [-0.3, -0.25) is 10.0 Å². The van der Waals surface area contributed by atoms with Crippen LogP contribution in [0.1, 0.15) is 20.9 Å². The zero-order valence-corrected chi connectivity index (χ0v) is 13.0. The van der Waals surface area contributed by atoms with Gasteiger partial charge in [0.25, 0.3) is 5.91 Å². The van der Waals surface area contributed by atoms with Gasteiger partial charge in [-0.05, 0) is 12.1 Å². The molecule has 5 nitrogen and oxygen atoms in total. The molecule has 0 saturated carbocycles. The second-order valence-electron chi connectivity index (χ2n) is 4.90. The molecule has 3 rings (SSSR count). The Balaban J connectivity index is 1.87. The topological polar surface area (TPSA) is 75.1 Å². The van der Waals surface area contributed by atoms with E-state index in [-0.39, 0.29) is 17.5 Å². The molecule has 0 aliphatic rings. The van der Waals surface area contributed by atoms with E-state index in [1.165, 1.54) is 16.8 Å². The van der Waals surface area contributed by atoms with E-state index in [9.17, 15) is 13.6 Å². The highest BCUT2D eigenvalue weighted by molar-refractivity contribution is 7.14. The monoisotopic (exact) mass is 347 g/mol. The highest BCUT2D eigenvalue weighted by Gasteiger charge is 2.17. The van der Waals surface area contributed by atoms with Gasteiger partial charge in [0.05, 0.1) is 0 Å². The lowest BCUT2D eigenvalue weighted by molar-refractivity contribution is 0.0705. The molecule has 0 aliphatic heterocycles. The molecule has 0 fully saturated rings. The number of nitrogens with one attached hydrogen (secondary N) is 1. The SMILES string of the molecule is O=C(NO)c1cc(F)c(Cc2nnc(-c3ccccc3)s2)c(F)c1. The van der Waals surface area contributed by atoms with E-state index in [0.717, 1.165) is 17.7 Å². The van der Waals surface area contributed by atoms with Crippen molar-refractivity contribution in [3.63, 3.8) is 0 Å². The van der Waals surface area contributed by atoms with Crippen LogP contribution in [-0.2, 0) is 6.42 Å². The Morgan fingerprint density at radius 3 is 2.42 bits per heavy atom. The fraction of sp³-hybridized carbons (Fsp3) is 0.0625. The molecule has 0 aliphatic carbocycles. The van der Waals surface area contributed by atoms with Crippen molar-refractivity contribution in [3.8, 4) is 10.6 Å². The molecular weight excluding hydrogens is 336 g/mol. The third-order valence-corrected chi connectivity index (χ3v) is 4.29. The number of hydrogen-bond acceptors (Lipinski definition) is 5. The van der Waals surface area contributed by atoms with Crippen molar-refractivity contribution in [2.75, 3.05) is 0 Å². The lowest BCUT2D eigenvalue weighted by Crippen LogP contribution is -2.19. The standard InChI is InChI=1S/C16H11F2N3O2S/c17-12-6-10(15(22)21-23)7-13(18)11(12)8-14-19-20-16(24-14)9-4-2-1-3-5-9/h1-7,23H,8H2,(H,21,22). The Kier molecular flexibility index (Phi) is 4.59. The molecule has 0 radical (unpaired) electrons. The van der Waals surface area contributed by atoms with Gasteiger partial charge in [-0.1, -0.05) is 41.7 Å². The molecule has 1 heterocycles. The maximum Gasteiger partial charge on any atom is 0.274 e. The van der Waals surface area contributed by atoms with Crippen LogP contribution in [-0.4, -0.2) is 21.3 Å². The van der Waals surface area contributed by atoms with Crippen molar-refractivity contribution in [2.24, 2.45) is 0 Å². The van der Waals surface area contributed by atoms with E-state index >= 15 is 0 Å². The Bertz CT molecular complexity index is 861. The third kappa shape index (κ3) is 3.29. The Morgan fingerprint density at radius 2 is 1.79 bits per heavy atom. The van der Waals surface area contributed by atoms with Gasteiger partial charge in [0.1, 0.15) is 21.6 Å². The van der Waals surface area contributed by atoms with E-state index in [0.29, 0.717) is 10.0 Å². The summed E-state index contributed by atoms with van der Waals surface area (Å²) < 4.78 is 28.2. The summed E-state index contributed by atoms with van der Waals surface area (Å²) in [5.74, 6) is -2.75. The number of rotatable bonds is 4. The van der Waals surface area contributed by atoms with Crippen LogP contribution in [0.5, 0.6) is 0 Å². The van der Waals surface area contributed by atoms with Gasteiger partial charge >= 0.3 is 0 Å². The van der Waals surface area contributed by atoms with Crippen LogP contribution in [0.2, 0.25) is 0 Å². The molecule has 8 heteroatoms. The molecule has 2 N–H and O–H groups in total. The lowest BCUT2D eigenvalue weighted by Gasteiger charge is -2.05. The fourth-order valence-electron chi connectivity index (χ4n) is 2.14. The predicted molar refractivity (Wildman–Crippen MR) is 83.8 cm³/mol. The summed E-state index contributed by atoms with van der Waals surface area (Å²) in [5, 5.41) is 17.6. The first kappa shape index (κ1) is 16.2. The highest BCUT2D eigenvalue weighted by atomic mass is 32.1. The molecule has 1 amide bonds. The number of amides is 1. The van der Waals surface area contributed by atoms with Crippen LogP contribution in [0.15, 0.2) is 42.5 Å². The normalized spacial score (nSPS) is 10.6. The molecule has 24 heavy (non-hydrogen) atoms. The Labute approximate surface area is 139 Å². The van der Waals surface area contributed by atoms with Crippen LogP contribution in [0, 0.1) is 11.6 Å². The van der Waals surface area contributed by atoms with Crippen LogP contribution < -0.4 is 5.48 Å².